The van der Waals surface area contributed by atoms with Crippen LogP contribution < -0.4 is 27.4 Å². The summed E-state index contributed by atoms with van der Waals surface area (Å²) in [5.74, 6) is -5.08. The lowest BCUT2D eigenvalue weighted by atomic mass is 9.79. The molecule has 3 heterocycles. The van der Waals surface area contributed by atoms with Crippen molar-refractivity contribution in [3.8, 4) is 0 Å². The second-order valence-corrected chi connectivity index (χ2v) is 36.1. The SMILES string of the molecule is CC(=O)N[C@H](C(=O)OC(C)(C)C)[C@H](CCCB1OC(C)(C)C(C)(C)O1)CN=[N+]=[N-].CC(=O)N[C@H](C(=O)OC(C)(C)C)[C@H](CCCB1OC(C)(C)C(C)(C)O1)COS(C)(=O)=O.C[C@H](C(=O)OC(C)(C)C)[C@H](CCCB1OC(C)(C)C(C)(C)O1)CNC(=O)OC(C)(C)C.NC[C@@H](CCCB(O)O)[C@H](N)C(=O)O. The molecule has 0 unspecified atom stereocenters. The Morgan fingerprint density at radius 1 is 0.552 bits per heavy atom. The summed E-state index contributed by atoms with van der Waals surface area (Å²) in [5, 5.41) is 37.4. The van der Waals surface area contributed by atoms with Gasteiger partial charge in [0.1, 0.15) is 40.5 Å². The van der Waals surface area contributed by atoms with Crippen LogP contribution in [0.2, 0.25) is 25.3 Å². The molecule has 0 saturated carbocycles. The van der Waals surface area contributed by atoms with Crippen LogP contribution in [0.1, 0.15) is 238 Å². The second kappa shape index (κ2) is 42.4. The molecule has 0 radical (unpaired) electrons. The molecule has 3 amide bonds. The summed E-state index contributed by atoms with van der Waals surface area (Å²) in [6, 6.07) is -2.91. The molecule has 105 heavy (non-hydrogen) atoms. The molecule has 0 spiro atoms. The third-order valence-electron chi connectivity index (χ3n) is 18.3. The van der Waals surface area contributed by atoms with Gasteiger partial charge in [-0.05, 0) is 247 Å². The van der Waals surface area contributed by atoms with Crippen molar-refractivity contribution in [1.82, 2.24) is 16.0 Å². The zero-order valence-corrected chi connectivity index (χ0v) is 69.5. The van der Waals surface area contributed by atoms with E-state index < -0.39 is 129 Å². The topological polar surface area (TPSA) is 453 Å². The smallest absolute Gasteiger partial charge is 0.457 e. The normalized spacial score (nSPS) is 19.4. The molecule has 8 atom stereocenters. The molecule has 0 aromatic carbocycles. The van der Waals surface area contributed by atoms with Gasteiger partial charge in [0.15, 0.2) is 0 Å². The van der Waals surface area contributed by atoms with Crippen molar-refractivity contribution in [2.24, 2.45) is 46.2 Å². The van der Waals surface area contributed by atoms with Crippen LogP contribution in [-0.2, 0) is 89.9 Å². The molecule has 10 N–H and O–H groups in total. The molecule has 3 rings (SSSR count). The number of nitrogens with one attached hydrogen (secondary N) is 3. The maximum atomic E-state index is 12.8. The fourth-order valence-electron chi connectivity index (χ4n) is 10.7. The van der Waals surface area contributed by atoms with Gasteiger partial charge in [-0.1, -0.05) is 37.7 Å². The minimum absolute atomic E-state index is 0.0735. The van der Waals surface area contributed by atoms with Crippen molar-refractivity contribution in [1.29, 1.82) is 0 Å². The van der Waals surface area contributed by atoms with E-state index in [-0.39, 0.29) is 81.1 Å². The first-order chi connectivity index (χ1) is 47.3. The van der Waals surface area contributed by atoms with Crippen molar-refractivity contribution >= 4 is 80.4 Å². The van der Waals surface area contributed by atoms with E-state index in [2.05, 4.69) is 26.0 Å². The molecule has 3 fully saturated rings. The quantitative estimate of drug-likeness (QED) is 0.00566. The van der Waals surface area contributed by atoms with Crippen LogP contribution in [0.25, 0.3) is 10.4 Å². The Labute approximate surface area is 628 Å². The summed E-state index contributed by atoms with van der Waals surface area (Å²) in [6.07, 6.45) is 7.22. The van der Waals surface area contributed by atoms with Crippen LogP contribution in [0.15, 0.2) is 5.11 Å². The molecule has 3 aliphatic rings. The van der Waals surface area contributed by atoms with E-state index in [1.807, 2.05) is 132 Å². The highest BCUT2D eigenvalue weighted by atomic mass is 32.2. The highest BCUT2D eigenvalue weighted by molar-refractivity contribution is 7.86. The minimum atomic E-state index is -3.73. The second-order valence-electron chi connectivity index (χ2n) is 34.4. The molecule has 606 valence electrons. The van der Waals surface area contributed by atoms with Crippen LogP contribution in [0, 0.1) is 29.6 Å². The van der Waals surface area contributed by atoms with Crippen molar-refractivity contribution < 1.29 is 108 Å². The highest BCUT2D eigenvalue weighted by Gasteiger charge is 2.53. The summed E-state index contributed by atoms with van der Waals surface area (Å²) >= 11 is 0. The number of ether oxygens (including phenoxy) is 4. The average Bonchev–Trinajstić information content (AvgIpc) is 1.65. The summed E-state index contributed by atoms with van der Waals surface area (Å²) in [7, 11) is -6.12. The van der Waals surface area contributed by atoms with Crippen molar-refractivity contribution in [2.75, 3.05) is 32.5 Å². The number of azide groups is 1. The van der Waals surface area contributed by atoms with Crippen molar-refractivity contribution in [3.05, 3.63) is 10.4 Å². The molecule has 3 saturated heterocycles. The van der Waals surface area contributed by atoms with Gasteiger partial charge >= 0.3 is 58.4 Å². The Morgan fingerprint density at radius 3 is 1.18 bits per heavy atom. The van der Waals surface area contributed by atoms with Gasteiger partial charge in [-0.15, -0.1) is 0 Å². The van der Waals surface area contributed by atoms with Crippen LogP contribution in [0.4, 0.5) is 4.79 Å². The Balaban J connectivity index is 0.00000142. The first-order valence-electron chi connectivity index (χ1n) is 36.5. The van der Waals surface area contributed by atoms with E-state index in [9.17, 15) is 42.0 Å². The molecule has 0 bridgehead atoms. The number of rotatable bonds is 34. The summed E-state index contributed by atoms with van der Waals surface area (Å²) < 4.78 is 86.0. The maximum absolute atomic E-state index is 12.8. The number of hydrogen-bond acceptors (Lipinski definition) is 25. The number of hydrogen-bond donors (Lipinski definition) is 8. The Kier molecular flexibility index (Phi) is 40.4. The molecule has 3 aliphatic heterocycles. The molecule has 0 aliphatic carbocycles. The number of aliphatic carboxylic acids is 1. The van der Waals surface area contributed by atoms with Gasteiger partial charge in [0.05, 0.1) is 52.4 Å². The van der Waals surface area contributed by atoms with Gasteiger partial charge in [0.25, 0.3) is 10.1 Å². The molecule has 0 aromatic heterocycles. The summed E-state index contributed by atoms with van der Waals surface area (Å²) in [4.78, 5) is 86.9. The van der Waals surface area contributed by atoms with Crippen LogP contribution in [0.5, 0.6) is 0 Å². The largest absolute Gasteiger partial charge is 0.480 e. The monoisotopic (exact) mass is 1520 g/mol. The summed E-state index contributed by atoms with van der Waals surface area (Å²) in [5.41, 5.74) is 14.4. The van der Waals surface area contributed by atoms with Gasteiger partial charge in [-0.25, -0.2) is 14.4 Å². The third kappa shape index (κ3) is 39.9. The minimum Gasteiger partial charge on any atom is -0.480 e. The van der Waals surface area contributed by atoms with Gasteiger partial charge in [0, 0.05) is 37.8 Å². The number of carbonyl (C=O) groups excluding carboxylic acids is 6. The van der Waals surface area contributed by atoms with Gasteiger partial charge in [0.2, 0.25) is 11.8 Å². The van der Waals surface area contributed by atoms with E-state index in [0.29, 0.717) is 57.7 Å². The van der Waals surface area contributed by atoms with E-state index in [4.69, 9.17) is 83.2 Å². The van der Waals surface area contributed by atoms with Gasteiger partial charge in [-0.3, -0.25) is 23.4 Å². The number of amides is 3. The van der Waals surface area contributed by atoms with Crippen molar-refractivity contribution in [2.45, 2.75) is 338 Å². The number of carboxylic acids is 1. The average molecular weight is 1520 g/mol. The van der Waals surface area contributed by atoms with Crippen LogP contribution in [-0.4, -0.2) is 200 Å². The zero-order chi connectivity index (χ0) is 82.1. The first-order valence-corrected chi connectivity index (χ1v) is 38.3. The standard InChI is InChI=1S/C23H44BNO6.C20H38BNO8S.C19H35BN4O5.C7H17BN2O4/c1-16(18(26)28-20(2,3)4)17(15-25-19(27)29-21(5,6)7)13-12-14-24-30-22(8,9)23(10,11)31-24;1-14(23)22-16(17(24)28-18(2,3)4)15(13-27-31(9,25)26)11-10-12-21-29-19(5,6)20(7,8)30-21;1-13(25)23-15(16(26)27-17(2,3)4)14(12-22-24-21)10-9-11-20-28-18(5,6)19(7,8)29-20;9-4-5(6(10)7(11)12)2-1-3-8(13)14/h16-17H,12-15H2,1-11H3,(H,25,27);15-16H,10-13H2,1-9H3,(H,22,23);14-15H,9-12H2,1-8H3,(H,23,25);5-6,13-14H,1-4,9-10H2,(H,11,12)/t16-,17+;15-,16+;14-,15+;5-,6+/m0111/s1. The predicted octanol–water partition coefficient (Wildman–Crippen LogP) is 9.13. The fraction of sp³-hybridized carbons (Fsp3) is 0.899. The molecular formula is C69H134B4N8O23S. The summed E-state index contributed by atoms with van der Waals surface area (Å²) in [6.45, 7) is 50.2. The maximum Gasteiger partial charge on any atom is 0.457 e. The van der Waals surface area contributed by atoms with E-state index in [1.54, 1.807) is 41.5 Å². The van der Waals surface area contributed by atoms with Gasteiger partial charge in [-0.2, -0.15) is 8.42 Å². The predicted molar refractivity (Wildman–Crippen MR) is 404 cm³/mol. The zero-order valence-electron chi connectivity index (χ0n) is 68.7. The Bertz CT molecular complexity index is 2870. The lowest BCUT2D eigenvalue weighted by molar-refractivity contribution is -0.162. The third-order valence-corrected chi connectivity index (χ3v) is 18.9. The Hall–Kier alpha value is -4.83. The molecule has 0 aromatic rings. The van der Waals surface area contributed by atoms with Crippen LogP contribution >= 0.6 is 0 Å². The number of alkyl carbamates (subject to hydrolysis) is 1. The van der Waals surface area contributed by atoms with Gasteiger partial charge < -0.3 is 89.4 Å². The lowest BCUT2D eigenvalue weighted by Gasteiger charge is -2.32. The van der Waals surface area contributed by atoms with E-state index in [0.717, 1.165) is 25.4 Å². The number of nitrogens with two attached hydrogens (primary N) is 2. The number of esters is 3. The lowest BCUT2D eigenvalue weighted by Crippen LogP contribution is -2.49. The number of carboxylic acid groups (broad SMARTS) is 1. The van der Waals surface area contributed by atoms with E-state index >= 15 is 0 Å². The Morgan fingerprint density at radius 2 is 0.876 bits per heavy atom. The molecule has 36 heteroatoms. The van der Waals surface area contributed by atoms with Crippen LogP contribution in [0.3, 0.4) is 0 Å². The highest BCUT2D eigenvalue weighted by Crippen LogP contribution is 2.41. The first kappa shape index (κ1) is 100. The molecular weight excluding hydrogens is 1380 g/mol. The fourth-order valence-corrected chi connectivity index (χ4v) is 11.1. The number of nitrogens with zero attached hydrogens (tertiary/aromatic N) is 3. The molecule has 31 nitrogen and oxygen atoms in total. The van der Waals surface area contributed by atoms with Crippen molar-refractivity contribution in [3.63, 3.8) is 0 Å². The van der Waals surface area contributed by atoms with E-state index in [1.165, 1.54) is 13.8 Å². The number of carbonyl (C=O) groups is 7.